The lowest BCUT2D eigenvalue weighted by atomic mass is 9.95. The Balaban J connectivity index is 1.50. The number of hydrogen-bond acceptors (Lipinski definition) is 2. The molecule has 0 saturated carbocycles. The van der Waals surface area contributed by atoms with Gasteiger partial charge in [0.2, 0.25) is 5.91 Å². The zero-order chi connectivity index (χ0) is 18.5. The predicted octanol–water partition coefficient (Wildman–Crippen LogP) is 3.47. The lowest BCUT2D eigenvalue weighted by molar-refractivity contribution is -0.126. The van der Waals surface area contributed by atoms with Crippen LogP contribution in [0.4, 0.5) is 0 Å². The number of nitrogens with one attached hydrogen (secondary N) is 1. The van der Waals surface area contributed by atoms with Gasteiger partial charge in [0.05, 0.1) is 0 Å². The number of rotatable bonds is 4. The maximum Gasteiger partial charge on any atom is 0.253 e. The molecule has 2 aromatic rings. The van der Waals surface area contributed by atoms with Crippen LogP contribution in [0.2, 0.25) is 0 Å². The maximum absolute atomic E-state index is 12.6. The highest BCUT2D eigenvalue weighted by Crippen LogP contribution is 2.20. The number of hydrogen-bond donors (Lipinski definition) is 1. The Morgan fingerprint density at radius 1 is 1.00 bits per heavy atom. The van der Waals surface area contributed by atoms with Crippen molar-refractivity contribution in [3.8, 4) is 0 Å². The largest absolute Gasteiger partial charge is 0.352 e. The van der Waals surface area contributed by atoms with Gasteiger partial charge in [0.15, 0.2) is 0 Å². The minimum atomic E-state index is -0.0129. The molecule has 1 heterocycles. The summed E-state index contributed by atoms with van der Waals surface area (Å²) < 4.78 is 0. The molecule has 2 aromatic carbocycles. The van der Waals surface area contributed by atoms with Gasteiger partial charge in [-0.1, -0.05) is 42.0 Å². The van der Waals surface area contributed by atoms with Crippen molar-refractivity contribution in [1.82, 2.24) is 10.2 Å². The van der Waals surface area contributed by atoms with Crippen LogP contribution in [0.25, 0.3) is 0 Å². The summed E-state index contributed by atoms with van der Waals surface area (Å²) in [6.07, 6.45) is 1.44. The second-order valence-corrected chi connectivity index (χ2v) is 7.08. The summed E-state index contributed by atoms with van der Waals surface area (Å²) >= 11 is 0. The number of likely N-dealkylation sites (tertiary alicyclic amines) is 1. The van der Waals surface area contributed by atoms with Crippen LogP contribution in [0.3, 0.4) is 0 Å². The first kappa shape index (κ1) is 18.2. The Morgan fingerprint density at radius 2 is 1.65 bits per heavy atom. The first-order valence-corrected chi connectivity index (χ1v) is 9.23. The van der Waals surface area contributed by atoms with Gasteiger partial charge in [-0.05, 0) is 49.9 Å². The molecule has 1 saturated heterocycles. The van der Waals surface area contributed by atoms with Crippen LogP contribution in [0.15, 0.2) is 48.5 Å². The van der Waals surface area contributed by atoms with E-state index in [4.69, 9.17) is 0 Å². The standard InChI is InChI=1S/C22H26N2O2/c1-16-7-9-19(10-8-16)22(26)24-13-11-18(12-14-24)21(25)23-15-20-6-4-3-5-17(20)2/h3-10,18H,11-15H2,1-2H3,(H,23,25). The van der Waals surface area contributed by atoms with E-state index in [9.17, 15) is 9.59 Å². The Morgan fingerprint density at radius 3 is 2.31 bits per heavy atom. The molecule has 0 bridgehead atoms. The number of carbonyl (C=O) groups is 2. The van der Waals surface area contributed by atoms with Crippen molar-refractivity contribution in [3.05, 3.63) is 70.8 Å². The molecule has 26 heavy (non-hydrogen) atoms. The van der Waals surface area contributed by atoms with E-state index in [0.29, 0.717) is 19.6 Å². The van der Waals surface area contributed by atoms with E-state index < -0.39 is 0 Å². The van der Waals surface area contributed by atoms with Crippen molar-refractivity contribution in [2.24, 2.45) is 5.92 Å². The van der Waals surface area contributed by atoms with Crippen molar-refractivity contribution in [1.29, 1.82) is 0 Å². The van der Waals surface area contributed by atoms with E-state index in [0.717, 1.165) is 29.5 Å². The fourth-order valence-corrected chi connectivity index (χ4v) is 3.36. The summed E-state index contributed by atoms with van der Waals surface area (Å²) in [5.74, 6) is 0.139. The highest BCUT2D eigenvalue weighted by molar-refractivity contribution is 5.94. The highest BCUT2D eigenvalue weighted by atomic mass is 16.2. The quantitative estimate of drug-likeness (QED) is 0.918. The molecule has 0 unspecified atom stereocenters. The predicted molar refractivity (Wildman–Crippen MR) is 103 cm³/mol. The summed E-state index contributed by atoms with van der Waals surface area (Å²) in [6.45, 7) is 5.89. The van der Waals surface area contributed by atoms with Gasteiger partial charge in [0.1, 0.15) is 0 Å². The third-order valence-electron chi connectivity index (χ3n) is 5.17. The van der Waals surface area contributed by atoms with Crippen LogP contribution < -0.4 is 5.32 Å². The molecule has 1 N–H and O–H groups in total. The average molecular weight is 350 g/mol. The molecular weight excluding hydrogens is 324 g/mol. The van der Waals surface area contributed by atoms with Gasteiger partial charge >= 0.3 is 0 Å². The summed E-state index contributed by atoms with van der Waals surface area (Å²) in [4.78, 5) is 26.9. The second-order valence-electron chi connectivity index (χ2n) is 7.08. The van der Waals surface area contributed by atoms with E-state index in [1.807, 2.05) is 54.3 Å². The van der Waals surface area contributed by atoms with E-state index in [2.05, 4.69) is 18.3 Å². The van der Waals surface area contributed by atoms with Gasteiger partial charge in [-0.15, -0.1) is 0 Å². The van der Waals surface area contributed by atoms with E-state index >= 15 is 0 Å². The Kier molecular flexibility index (Phi) is 5.71. The minimum Gasteiger partial charge on any atom is -0.352 e. The highest BCUT2D eigenvalue weighted by Gasteiger charge is 2.27. The zero-order valence-electron chi connectivity index (χ0n) is 15.5. The van der Waals surface area contributed by atoms with Crippen molar-refractivity contribution >= 4 is 11.8 Å². The van der Waals surface area contributed by atoms with Crippen LogP contribution in [0, 0.1) is 19.8 Å². The molecule has 0 atom stereocenters. The van der Waals surface area contributed by atoms with Crippen molar-refractivity contribution in [2.75, 3.05) is 13.1 Å². The molecule has 4 nitrogen and oxygen atoms in total. The Hall–Kier alpha value is -2.62. The van der Waals surface area contributed by atoms with Crippen LogP contribution >= 0.6 is 0 Å². The van der Waals surface area contributed by atoms with Crippen LogP contribution in [-0.2, 0) is 11.3 Å². The minimum absolute atomic E-state index is 0.0129. The van der Waals surface area contributed by atoms with Gasteiger partial charge in [0.25, 0.3) is 5.91 Å². The molecule has 4 heteroatoms. The zero-order valence-corrected chi connectivity index (χ0v) is 15.5. The van der Waals surface area contributed by atoms with E-state index in [1.54, 1.807) is 0 Å². The molecule has 0 aromatic heterocycles. The molecule has 1 fully saturated rings. The van der Waals surface area contributed by atoms with Gasteiger partial charge in [-0.3, -0.25) is 9.59 Å². The van der Waals surface area contributed by atoms with E-state index in [1.165, 1.54) is 5.56 Å². The topological polar surface area (TPSA) is 49.4 Å². The third-order valence-corrected chi connectivity index (χ3v) is 5.17. The van der Waals surface area contributed by atoms with Gasteiger partial charge in [0, 0.05) is 31.1 Å². The summed E-state index contributed by atoms with van der Waals surface area (Å²) in [6, 6.07) is 15.7. The normalized spacial score (nSPS) is 14.9. The van der Waals surface area contributed by atoms with Gasteiger partial charge in [-0.25, -0.2) is 0 Å². The SMILES string of the molecule is Cc1ccc(C(=O)N2CCC(C(=O)NCc3ccccc3C)CC2)cc1. The number of benzene rings is 2. The number of amides is 2. The fraction of sp³-hybridized carbons (Fsp3) is 0.364. The van der Waals surface area contributed by atoms with Crippen molar-refractivity contribution < 1.29 is 9.59 Å². The fourth-order valence-electron chi connectivity index (χ4n) is 3.36. The lowest BCUT2D eigenvalue weighted by Gasteiger charge is -2.31. The van der Waals surface area contributed by atoms with Gasteiger partial charge < -0.3 is 10.2 Å². The lowest BCUT2D eigenvalue weighted by Crippen LogP contribution is -2.43. The van der Waals surface area contributed by atoms with E-state index in [-0.39, 0.29) is 17.7 Å². The molecule has 1 aliphatic rings. The van der Waals surface area contributed by atoms with Crippen molar-refractivity contribution in [2.45, 2.75) is 33.2 Å². The number of aryl methyl sites for hydroxylation is 2. The van der Waals surface area contributed by atoms with Crippen LogP contribution in [0.1, 0.15) is 39.9 Å². The average Bonchev–Trinajstić information content (AvgIpc) is 2.67. The molecule has 0 radical (unpaired) electrons. The smallest absolute Gasteiger partial charge is 0.253 e. The first-order valence-electron chi connectivity index (χ1n) is 9.23. The molecule has 0 spiro atoms. The summed E-state index contributed by atoms with van der Waals surface area (Å²) in [7, 11) is 0. The molecule has 1 aliphatic heterocycles. The number of carbonyl (C=O) groups excluding carboxylic acids is 2. The molecule has 136 valence electrons. The maximum atomic E-state index is 12.6. The van der Waals surface area contributed by atoms with Crippen LogP contribution in [0.5, 0.6) is 0 Å². The molecule has 3 rings (SSSR count). The second kappa shape index (κ2) is 8.17. The number of nitrogens with zero attached hydrogens (tertiary/aromatic N) is 1. The van der Waals surface area contributed by atoms with Gasteiger partial charge in [-0.2, -0.15) is 0 Å². The molecule has 2 amide bonds. The monoisotopic (exact) mass is 350 g/mol. The summed E-state index contributed by atoms with van der Waals surface area (Å²) in [5, 5.41) is 3.05. The molecule has 0 aliphatic carbocycles. The summed E-state index contributed by atoms with van der Waals surface area (Å²) in [5.41, 5.74) is 4.20. The van der Waals surface area contributed by atoms with Crippen LogP contribution in [-0.4, -0.2) is 29.8 Å². The molecular formula is C22H26N2O2. The number of piperidine rings is 1. The Labute approximate surface area is 155 Å². The van der Waals surface area contributed by atoms with Crippen molar-refractivity contribution in [3.63, 3.8) is 0 Å². The Bertz CT molecular complexity index is 775. The first-order chi connectivity index (χ1) is 12.5. The third kappa shape index (κ3) is 4.31.